The molecule has 0 aromatic carbocycles. The number of carbonyl (C=O) groups is 2. The highest BCUT2D eigenvalue weighted by molar-refractivity contribution is 5.93. The van der Waals surface area contributed by atoms with Gasteiger partial charge in [0.1, 0.15) is 5.76 Å². The number of hydrogen-bond donors (Lipinski definition) is 1. The summed E-state index contributed by atoms with van der Waals surface area (Å²) in [6, 6.07) is 1.80. The van der Waals surface area contributed by atoms with E-state index in [4.69, 9.17) is 14.3 Å². The van der Waals surface area contributed by atoms with Crippen LogP contribution in [0.2, 0.25) is 0 Å². The zero-order chi connectivity index (χ0) is 15.4. The quantitative estimate of drug-likeness (QED) is 0.868. The molecule has 2 heterocycles. The van der Waals surface area contributed by atoms with Crippen LogP contribution in [0.3, 0.4) is 0 Å². The van der Waals surface area contributed by atoms with Gasteiger partial charge in [-0.05, 0) is 32.8 Å². The highest BCUT2D eigenvalue weighted by atomic mass is 16.5. The molecule has 0 aliphatic carbocycles. The van der Waals surface area contributed by atoms with Gasteiger partial charge in [-0.2, -0.15) is 0 Å². The number of aryl methyl sites for hydroxylation is 2. The first kappa shape index (κ1) is 15.6. The minimum atomic E-state index is -0.924. The van der Waals surface area contributed by atoms with Gasteiger partial charge in [0.25, 0.3) is 5.91 Å². The van der Waals surface area contributed by atoms with Crippen LogP contribution in [0.5, 0.6) is 0 Å². The van der Waals surface area contributed by atoms with Gasteiger partial charge in [-0.3, -0.25) is 9.59 Å². The first-order chi connectivity index (χ1) is 9.97. The van der Waals surface area contributed by atoms with E-state index in [1.54, 1.807) is 13.0 Å². The van der Waals surface area contributed by atoms with Crippen molar-refractivity contribution in [1.29, 1.82) is 0 Å². The molecule has 21 heavy (non-hydrogen) atoms. The summed E-state index contributed by atoms with van der Waals surface area (Å²) >= 11 is 0. The van der Waals surface area contributed by atoms with Crippen molar-refractivity contribution in [2.75, 3.05) is 19.7 Å². The molecule has 116 valence electrons. The molecule has 1 fully saturated rings. The number of aliphatic carboxylic acids is 1. The van der Waals surface area contributed by atoms with Crippen molar-refractivity contribution in [3.63, 3.8) is 0 Å². The summed E-state index contributed by atoms with van der Waals surface area (Å²) in [6.45, 7) is 4.86. The number of hydrogen-bond acceptors (Lipinski definition) is 4. The number of ether oxygens (including phenoxy) is 1. The second-order valence-corrected chi connectivity index (χ2v) is 5.40. The van der Waals surface area contributed by atoms with E-state index < -0.39 is 5.97 Å². The van der Waals surface area contributed by atoms with Crippen molar-refractivity contribution in [2.24, 2.45) is 0 Å². The van der Waals surface area contributed by atoms with Crippen molar-refractivity contribution in [3.05, 3.63) is 23.2 Å². The number of amides is 1. The molecule has 0 radical (unpaired) electrons. The molecule has 1 N–H and O–H groups in total. The highest BCUT2D eigenvalue weighted by Gasteiger charge is 2.26. The highest BCUT2D eigenvalue weighted by Crippen LogP contribution is 2.19. The van der Waals surface area contributed by atoms with E-state index in [0.29, 0.717) is 18.9 Å². The van der Waals surface area contributed by atoms with Gasteiger partial charge in [0.15, 0.2) is 5.76 Å². The van der Waals surface area contributed by atoms with E-state index in [2.05, 4.69) is 0 Å². The fraction of sp³-hybridized carbons (Fsp3) is 0.600. The molecule has 0 bridgehead atoms. The van der Waals surface area contributed by atoms with Crippen LogP contribution in [-0.2, 0) is 9.53 Å². The molecular formula is C15H21NO5. The normalized spacial score (nSPS) is 17.9. The van der Waals surface area contributed by atoms with E-state index >= 15 is 0 Å². The lowest BCUT2D eigenvalue weighted by Gasteiger charge is -2.24. The van der Waals surface area contributed by atoms with E-state index in [-0.39, 0.29) is 30.7 Å². The summed E-state index contributed by atoms with van der Waals surface area (Å²) < 4.78 is 11.0. The summed E-state index contributed by atoms with van der Waals surface area (Å²) in [5.41, 5.74) is 0.769. The number of furan rings is 1. The molecule has 2 rings (SSSR count). The smallest absolute Gasteiger partial charge is 0.305 e. The van der Waals surface area contributed by atoms with E-state index in [1.165, 1.54) is 4.90 Å². The van der Waals surface area contributed by atoms with Crippen LogP contribution >= 0.6 is 0 Å². The van der Waals surface area contributed by atoms with Crippen molar-refractivity contribution in [3.8, 4) is 0 Å². The standard InChI is InChI=1S/C15H21NO5/c1-10-8-11(2)21-14(10)15(19)16(6-5-13(17)18)9-12-4-3-7-20-12/h8,12H,3-7,9H2,1-2H3,(H,17,18)/t12-/m0/s1. The summed E-state index contributed by atoms with van der Waals surface area (Å²) in [6.07, 6.45) is 1.77. The second kappa shape index (κ2) is 6.76. The molecule has 0 saturated carbocycles. The Morgan fingerprint density at radius 2 is 2.19 bits per heavy atom. The summed E-state index contributed by atoms with van der Waals surface area (Å²) in [4.78, 5) is 24.9. The van der Waals surface area contributed by atoms with Gasteiger partial charge in [0.05, 0.1) is 12.5 Å². The van der Waals surface area contributed by atoms with Crippen LogP contribution in [0.1, 0.15) is 41.1 Å². The number of carboxylic acid groups (broad SMARTS) is 1. The topological polar surface area (TPSA) is 80.0 Å². The molecular weight excluding hydrogens is 274 g/mol. The minimum Gasteiger partial charge on any atom is -0.481 e. The maximum absolute atomic E-state index is 12.6. The summed E-state index contributed by atoms with van der Waals surface area (Å²) in [5, 5.41) is 8.84. The molecule has 1 aromatic rings. The molecule has 6 nitrogen and oxygen atoms in total. The molecule has 1 aliphatic heterocycles. The molecule has 1 amide bonds. The van der Waals surface area contributed by atoms with Crippen LogP contribution in [0.15, 0.2) is 10.5 Å². The third-order valence-corrected chi connectivity index (χ3v) is 3.57. The van der Waals surface area contributed by atoms with Crippen LogP contribution < -0.4 is 0 Å². The Kier molecular flexibility index (Phi) is 5.01. The summed E-state index contributed by atoms with van der Waals surface area (Å²) in [7, 11) is 0. The molecule has 1 aliphatic rings. The van der Waals surface area contributed by atoms with Gasteiger partial charge < -0.3 is 19.2 Å². The molecule has 6 heteroatoms. The Morgan fingerprint density at radius 3 is 2.71 bits per heavy atom. The average molecular weight is 295 g/mol. The average Bonchev–Trinajstić information content (AvgIpc) is 3.03. The minimum absolute atomic E-state index is 0.0147. The Bertz CT molecular complexity index is 516. The van der Waals surface area contributed by atoms with Crippen molar-refractivity contribution >= 4 is 11.9 Å². The number of rotatable bonds is 6. The van der Waals surface area contributed by atoms with Crippen LogP contribution in [0.25, 0.3) is 0 Å². The molecule has 1 saturated heterocycles. The monoisotopic (exact) mass is 295 g/mol. The van der Waals surface area contributed by atoms with E-state index in [1.807, 2.05) is 6.92 Å². The maximum atomic E-state index is 12.6. The lowest BCUT2D eigenvalue weighted by atomic mass is 10.2. The van der Waals surface area contributed by atoms with Gasteiger partial charge in [-0.25, -0.2) is 0 Å². The molecule has 0 unspecified atom stereocenters. The van der Waals surface area contributed by atoms with Crippen molar-refractivity contribution < 1.29 is 23.8 Å². The van der Waals surface area contributed by atoms with E-state index in [9.17, 15) is 9.59 Å². The van der Waals surface area contributed by atoms with Crippen LogP contribution in [-0.4, -0.2) is 47.7 Å². The third kappa shape index (κ3) is 4.07. The zero-order valence-corrected chi connectivity index (χ0v) is 12.4. The van der Waals surface area contributed by atoms with Crippen LogP contribution in [0, 0.1) is 13.8 Å². The van der Waals surface area contributed by atoms with Gasteiger partial charge in [-0.15, -0.1) is 0 Å². The predicted octanol–water partition coefficient (Wildman–Crippen LogP) is 1.99. The van der Waals surface area contributed by atoms with Gasteiger partial charge in [-0.1, -0.05) is 0 Å². The number of carboxylic acids is 1. The SMILES string of the molecule is Cc1cc(C)c(C(=O)N(CCC(=O)O)C[C@@H]2CCCO2)o1. The lowest BCUT2D eigenvalue weighted by Crippen LogP contribution is -2.38. The summed E-state index contributed by atoms with van der Waals surface area (Å²) in [5.74, 6) is -0.230. The van der Waals surface area contributed by atoms with Crippen LogP contribution in [0.4, 0.5) is 0 Å². The Labute approximate surface area is 123 Å². The second-order valence-electron chi connectivity index (χ2n) is 5.40. The Morgan fingerprint density at radius 1 is 1.43 bits per heavy atom. The molecule has 1 atom stereocenters. The fourth-order valence-corrected chi connectivity index (χ4v) is 2.54. The molecule has 1 aromatic heterocycles. The van der Waals surface area contributed by atoms with Gasteiger partial charge in [0.2, 0.25) is 0 Å². The maximum Gasteiger partial charge on any atom is 0.305 e. The largest absolute Gasteiger partial charge is 0.481 e. The fourth-order valence-electron chi connectivity index (χ4n) is 2.54. The van der Waals surface area contributed by atoms with Crippen molar-refractivity contribution in [1.82, 2.24) is 4.90 Å². The van der Waals surface area contributed by atoms with E-state index in [0.717, 1.165) is 18.4 Å². The number of carbonyl (C=O) groups excluding carboxylic acids is 1. The molecule has 0 spiro atoms. The Hall–Kier alpha value is -1.82. The first-order valence-electron chi connectivity index (χ1n) is 7.17. The zero-order valence-electron chi connectivity index (χ0n) is 12.4. The van der Waals surface area contributed by atoms with Gasteiger partial charge >= 0.3 is 5.97 Å². The first-order valence-corrected chi connectivity index (χ1v) is 7.17. The van der Waals surface area contributed by atoms with Crippen molar-refractivity contribution in [2.45, 2.75) is 39.2 Å². The Balaban J connectivity index is 2.10. The third-order valence-electron chi connectivity index (χ3n) is 3.57. The number of nitrogens with zero attached hydrogens (tertiary/aromatic N) is 1. The van der Waals surface area contributed by atoms with Gasteiger partial charge in [0, 0.05) is 25.3 Å². The predicted molar refractivity (Wildman–Crippen MR) is 75.3 cm³/mol. The lowest BCUT2D eigenvalue weighted by molar-refractivity contribution is -0.137.